The molecular formula is C16H9ClF2N2O2. The van der Waals surface area contributed by atoms with E-state index in [0.717, 1.165) is 18.3 Å². The Bertz CT molecular complexity index is 970. The van der Waals surface area contributed by atoms with Gasteiger partial charge in [-0.2, -0.15) is 5.10 Å². The molecule has 0 amide bonds. The lowest BCUT2D eigenvalue weighted by Crippen LogP contribution is -2.08. The lowest BCUT2D eigenvalue weighted by Gasteiger charge is -2.03. The smallest absolute Gasteiger partial charge is 0.346 e. The number of nitrogens with zero attached hydrogens (tertiary/aromatic N) is 1. The molecule has 0 aliphatic heterocycles. The van der Waals surface area contributed by atoms with Gasteiger partial charge in [-0.3, -0.25) is 5.43 Å². The predicted octanol–water partition coefficient (Wildman–Crippen LogP) is 4.17. The minimum absolute atomic E-state index is 0.0281. The van der Waals surface area contributed by atoms with Crippen LogP contribution in [0.4, 0.5) is 14.5 Å². The summed E-state index contributed by atoms with van der Waals surface area (Å²) in [6, 6.07) is 9.77. The minimum Gasteiger partial charge on any atom is -0.422 e. The average molecular weight is 335 g/mol. The number of fused-ring (bicyclic) bond motifs is 1. The maximum absolute atomic E-state index is 13.5. The van der Waals surface area contributed by atoms with Crippen molar-refractivity contribution in [3.8, 4) is 0 Å². The van der Waals surface area contributed by atoms with Gasteiger partial charge >= 0.3 is 5.63 Å². The van der Waals surface area contributed by atoms with Crippen LogP contribution in [0, 0.1) is 11.6 Å². The van der Waals surface area contributed by atoms with Crippen LogP contribution in [-0.2, 0) is 0 Å². The van der Waals surface area contributed by atoms with E-state index in [1.54, 1.807) is 24.3 Å². The third kappa shape index (κ3) is 3.07. The predicted molar refractivity (Wildman–Crippen MR) is 85.1 cm³/mol. The van der Waals surface area contributed by atoms with Crippen LogP contribution < -0.4 is 11.1 Å². The first-order valence-electron chi connectivity index (χ1n) is 6.52. The van der Waals surface area contributed by atoms with E-state index in [1.165, 1.54) is 6.07 Å². The van der Waals surface area contributed by atoms with E-state index in [4.69, 9.17) is 16.0 Å². The zero-order valence-electron chi connectivity index (χ0n) is 11.5. The first-order valence-corrected chi connectivity index (χ1v) is 6.89. The van der Waals surface area contributed by atoms with Crippen LogP contribution >= 0.6 is 11.6 Å². The molecule has 0 radical (unpaired) electrons. The molecule has 0 aliphatic rings. The molecule has 0 unspecified atom stereocenters. The number of benzene rings is 2. The summed E-state index contributed by atoms with van der Waals surface area (Å²) in [6.07, 6.45) is 1.13. The molecule has 23 heavy (non-hydrogen) atoms. The molecule has 116 valence electrons. The molecule has 3 aromatic rings. The summed E-state index contributed by atoms with van der Waals surface area (Å²) in [5.74, 6) is -1.51. The van der Waals surface area contributed by atoms with Crippen LogP contribution in [0.15, 0.2) is 56.8 Å². The Morgan fingerprint density at radius 2 is 1.96 bits per heavy atom. The molecule has 0 spiro atoms. The van der Waals surface area contributed by atoms with Crippen molar-refractivity contribution in [3.05, 3.63) is 75.1 Å². The van der Waals surface area contributed by atoms with Crippen LogP contribution in [0.3, 0.4) is 0 Å². The maximum atomic E-state index is 13.5. The minimum atomic E-state index is -0.807. The molecule has 1 heterocycles. The molecule has 2 aromatic carbocycles. The number of hydrazone groups is 1. The molecule has 0 fully saturated rings. The lowest BCUT2D eigenvalue weighted by molar-refractivity contribution is 0.560. The number of hydrogen-bond acceptors (Lipinski definition) is 4. The number of hydrogen-bond donors (Lipinski definition) is 1. The fourth-order valence-corrected chi connectivity index (χ4v) is 2.26. The van der Waals surface area contributed by atoms with Crippen molar-refractivity contribution < 1.29 is 13.2 Å². The molecule has 7 heteroatoms. The van der Waals surface area contributed by atoms with Crippen molar-refractivity contribution >= 4 is 34.5 Å². The van der Waals surface area contributed by atoms with Gasteiger partial charge in [-0.1, -0.05) is 23.7 Å². The Kier molecular flexibility index (Phi) is 4.08. The topological polar surface area (TPSA) is 54.6 Å². The number of halogens is 3. The van der Waals surface area contributed by atoms with Gasteiger partial charge in [-0.05, 0) is 24.3 Å². The van der Waals surface area contributed by atoms with Gasteiger partial charge in [-0.15, -0.1) is 0 Å². The lowest BCUT2D eigenvalue weighted by atomic mass is 10.2. The van der Waals surface area contributed by atoms with Crippen LogP contribution in [0.25, 0.3) is 11.0 Å². The van der Waals surface area contributed by atoms with E-state index < -0.39 is 17.3 Å². The summed E-state index contributed by atoms with van der Waals surface area (Å²) in [4.78, 5) is 11.9. The standard InChI is InChI=1S/C16H9ClF2N2O2/c17-15-10-3-1-2-4-14(10)23-16(22)11(15)8-20-21-13-6-5-9(18)7-12(13)19/h1-8,21H/b20-8-. The Balaban J connectivity index is 1.93. The summed E-state index contributed by atoms with van der Waals surface area (Å²) < 4.78 is 31.4. The summed E-state index contributed by atoms with van der Waals surface area (Å²) in [5.41, 5.74) is 2.06. The van der Waals surface area contributed by atoms with Crippen molar-refractivity contribution in [3.63, 3.8) is 0 Å². The van der Waals surface area contributed by atoms with Crippen molar-refractivity contribution in [2.24, 2.45) is 5.10 Å². The van der Waals surface area contributed by atoms with Crippen LogP contribution in [0.2, 0.25) is 5.02 Å². The van der Waals surface area contributed by atoms with Crippen molar-refractivity contribution in [1.29, 1.82) is 0 Å². The highest BCUT2D eigenvalue weighted by atomic mass is 35.5. The van der Waals surface area contributed by atoms with E-state index in [-0.39, 0.29) is 16.3 Å². The summed E-state index contributed by atoms with van der Waals surface area (Å²) in [7, 11) is 0. The third-order valence-electron chi connectivity index (χ3n) is 3.09. The van der Waals surface area contributed by atoms with Gasteiger partial charge in [0.05, 0.1) is 22.5 Å². The highest BCUT2D eigenvalue weighted by molar-refractivity contribution is 6.37. The van der Waals surface area contributed by atoms with Gasteiger partial charge in [0.2, 0.25) is 0 Å². The van der Waals surface area contributed by atoms with Crippen LogP contribution in [0.1, 0.15) is 5.56 Å². The number of para-hydroxylation sites is 1. The van der Waals surface area contributed by atoms with Crippen molar-refractivity contribution in [2.75, 3.05) is 5.43 Å². The molecule has 0 atom stereocenters. The van der Waals surface area contributed by atoms with E-state index in [9.17, 15) is 13.6 Å². The molecule has 3 rings (SSSR count). The fourth-order valence-electron chi connectivity index (χ4n) is 1.98. The molecule has 0 aliphatic carbocycles. The highest BCUT2D eigenvalue weighted by Crippen LogP contribution is 2.23. The van der Waals surface area contributed by atoms with Gasteiger partial charge in [0.25, 0.3) is 0 Å². The first kappa shape index (κ1) is 15.2. The second kappa shape index (κ2) is 6.18. The number of anilines is 1. The normalized spacial score (nSPS) is 11.3. The quantitative estimate of drug-likeness (QED) is 0.444. The Morgan fingerprint density at radius 3 is 2.74 bits per heavy atom. The molecule has 0 saturated carbocycles. The Hall–Kier alpha value is -2.73. The van der Waals surface area contributed by atoms with Crippen LogP contribution in [-0.4, -0.2) is 6.21 Å². The third-order valence-corrected chi connectivity index (χ3v) is 3.50. The average Bonchev–Trinajstić information content (AvgIpc) is 2.52. The van der Waals surface area contributed by atoms with E-state index in [1.807, 2.05) is 0 Å². The van der Waals surface area contributed by atoms with Gasteiger partial charge in [0.15, 0.2) is 5.82 Å². The molecular weight excluding hydrogens is 326 g/mol. The SMILES string of the molecule is O=c1oc2ccccc2c(Cl)c1/C=N\Nc1ccc(F)cc1F. The van der Waals surface area contributed by atoms with Gasteiger partial charge < -0.3 is 4.42 Å². The molecule has 1 aromatic heterocycles. The van der Waals surface area contributed by atoms with Gasteiger partial charge in [0, 0.05) is 11.5 Å². The molecule has 1 N–H and O–H groups in total. The monoisotopic (exact) mass is 334 g/mol. The van der Waals surface area contributed by atoms with Crippen LogP contribution in [0.5, 0.6) is 0 Å². The zero-order chi connectivity index (χ0) is 16.4. The Labute approximate surface area is 134 Å². The number of nitrogens with one attached hydrogen (secondary N) is 1. The van der Waals surface area contributed by atoms with E-state index in [0.29, 0.717) is 11.0 Å². The second-order valence-electron chi connectivity index (χ2n) is 4.61. The zero-order valence-corrected chi connectivity index (χ0v) is 12.3. The largest absolute Gasteiger partial charge is 0.422 e. The van der Waals surface area contributed by atoms with Crippen molar-refractivity contribution in [2.45, 2.75) is 0 Å². The first-order chi connectivity index (χ1) is 11.1. The fraction of sp³-hybridized carbons (Fsp3) is 0. The van der Waals surface area contributed by atoms with Gasteiger partial charge in [-0.25, -0.2) is 13.6 Å². The maximum Gasteiger partial charge on any atom is 0.346 e. The molecule has 0 bridgehead atoms. The molecule has 4 nitrogen and oxygen atoms in total. The number of rotatable bonds is 3. The highest BCUT2D eigenvalue weighted by Gasteiger charge is 2.11. The second-order valence-corrected chi connectivity index (χ2v) is 4.99. The van der Waals surface area contributed by atoms with E-state index >= 15 is 0 Å². The summed E-state index contributed by atoms with van der Waals surface area (Å²) in [5, 5.41) is 4.49. The van der Waals surface area contributed by atoms with E-state index in [2.05, 4.69) is 10.5 Å². The summed E-state index contributed by atoms with van der Waals surface area (Å²) in [6.45, 7) is 0. The molecule has 0 saturated heterocycles. The van der Waals surface area contributed by atoms with Crippen molar-refractivity contribution in [1.82, 2.24) is 0 Å². The summed E-state index contributed by atoms with van der Waals surface area (Å²) >= 11 is 6.18. The Morgan fingerprint density at radius 1 is 1.17 bits per heavy atom. The van der Waals surface area contributed by atoms with Gasteiger partial charge in [0.1, 0.15) is 11.4 Å².